The number of hydrogen-bond donors (Lipinski definition) is 2. The van der Waals surface area contributed by atoms with Gasteiger partial charge in [-0.2, -0.15) is 0 Å². The number of anilines is 2. The summed E-state index contributed by atoms with van der Waals surface area (Å²) in [5.41, 5.74) is 2.78. The van der Waals surface area contributed by atoms with Crippen LogP contribution >= 0.6 is 0 Å². The lowest BCUT2D eigenvalue weighted by Gasteiger charge is -2.38. The average Bonchev–Trinajstić information content (AvgIpc) is 3.30. The minimum Gasteiger partial charge on any atom is -0.355 e. The highest BCUT2D eigenvalue weighted by Crippen LogP contribution is 2.45. The summed E-state index contributed by atoms with van der Waals surface area (Å²) in [6.45, 7) is 6.30. The number of fused-ring (bicyclic) bond motifs is 3. The standard InChI is InChI=1S/C22H25N7O2/c1-3-23-20(30)19-27-16-17(24-13-25-18(16)29(19)4-2)28-11-9-22(10-12-28)14-7-5-6-8-15(14)26-21(22)31/h5-8,13H,3-4,9-12H2,1-2H3,(H,23,30)(H,26,31). The van der Waals surface area contributed by atoms with E-state index in [2.05, 4.69) is 30.5 Å². The lowest BCUT2D eigenvalue weighted by atomic mass is 9.73. The van der Waals surface area contributed by atoms with Crippen LogP contribution in [0.15, 0.2) is 30.6 Å². The Labute approximate surface area is 179 Å². The number of hydrogen-bond acceptors (Lipinski definition) is 6. The Balaban J connectivity index is 1.48. The van der Waals surface area contributed by atoms with Crippen LogP contribution in [0.4, 0.5) is 11.5 Å². The fraction of sp³-hybridized carbons (Fsp3) is 0.409. The number of amides is 2. The summed E-state index contributed by atoms with van der Waals surface area (Å²) in [6, 6.07) is 7.94. The quantitative estimate of drug-likeness (QED) is 0.671. The Bertz CT molecular complexity index is 1180. The van der Waals surface area contributed by atoms with Gasteiger partial charge < -0.3 is 20.1 Å². The fourth-order valence-corrected chi connectivity index (χ4v) is 4.84. The van der Waals surface area contributed by atoms with Gasteiger partial charge in [-0.3, -0.25) is 9.59 Å². The highest BCUT2D eigenvalue weighted by Gasteiger charge is 2.48. The Kier molecular flexibility index (Phi) is 4.60. The third-order valence-corrected chi connectivity index (χ3v) is 6.41. The maximum absolute atomic E-state index is 12.9. The molecule has 2 aliphatic rings. The van der Waals surface area contributed by atoms with Gasteiger partial charge in [0.05, 0.1) is 5.41 Å². The number of rotatable bonds is 4. The van der Waals surface area contributed by atoms with E-state index in [1.807, 2.05) is 42.7 Å². The van der Waals surface area contributed by atoms with Gasteiger partial charge in [0.1, 0.15) is 6.33 Å². The molecule has 0 atom stereocenters. The second-order valence-electron chi connectivity index (χ2n) is 7.98. The molecule has 9 nitrogen and oxygen atoms in total. The number of carbonyl (C=O) groups is 2. The van der Waals surface area contributed by atoms with Gasteiger partial charge in [0.2, 0.25) is 11.7 Å². The number of nitrogens with zero attached hydrogens (tertiary/aromatic N) is 5. The first-order valence-electron chi connectivity index (χ1n) is 10.7. The van der Waals surface area contributed by atoms with Crippen LogP contribution in [-0.2, 0) is 16.8 Å². The molecule has 2 aliphatic heterocycles. The second-order valence-corrected chi connectivity index (χ2v) is 7.98. The molecule has 1 saturated heterocycles. The zero-order valence-corrected chi connectivity index (χ0v) is 17.7. The van der Waals surface area contributed by atoms with E-state index in [4.69, 9.17) is 0 Å². The average molecular weight is 419 g/mol. The number of benzene rings is 1. The smallest absolute Gasteiger partial charge is 0.287 e. The molecule has 0 aliphatic carbocycles. The molecule has 0 unspecified atom stereocenters. The monoisotopic (exact) mass is 419 g/mol. The van der Waals surface area contributed by atoms with Gasteiger partial charge in [-0.05, 0) is 38.3 Å². The van der Waals surface area contributed by atoms with Crippen molar-refractivity contribution in [3.63, 3.8) is 0 Å². The van der Waals surface area contributed by atoms with Crippen LogP contribution < -0.4 is 15.5 Å². The van der Waals surface area contributed by atoms with Crippen molar-refractivity contribution in [3.8, 4) is 0 Å². The summed E-state index contributed by atoms with van der Waals surface area (Å²) in [5.74, 6) is 0.920. The molecule has 2 amide bonds. The van der Waals surface area contributed by atoms with Crippen LogP contribution in [0, 0.1) is 0 Å². The lowest BCUT2D eigenvalue weighted by molar-refractivity contribution is -0.121. The van der Waals surface area contributed by atoms with E-state index < -0.39 is 5.41 Å². The van der Waals surface area contributed by atoms with Gasteiger partial charge in [-0.25, -0.2) is 15.0 Å². The number of para-hydroxylation sites is 1. The minimum absolute atomic E-state index is 0.0787. The fourth-order valence-electron chi connectivity index (χ4n) is 4.84. The van der Waals surface area contributed by atoms with Crippen molar-refractivity contribution in [3.05, 3.63) is 42.0 Å². The molecule has 31 heavy (non-hydrogen) atoms. The molecule has 4 heterocycles. The molecule has 5 rings (SSSR count). The predicted octanol–water partition coefficient (Wildman–Crippen LogP) is 2.09. The zero-order chi connectivity index (χ0) is 21.6. The van der Waals surface area contributed by atoms with Crippen LogP contribution in [0.2, 0.25) is 0 Å². The Hall–Kier alpha value is -3.49. The molecule has 9 heteroatoms. The van der Waals surface area contributed by atoms with Gasteiger partial charge in [0, 0.05) is 31.9 Å². The van der Waals surface area contributed by atoms with Crippen LogP contribution in [0.5, 0.6) is 0 Å². The van der Waals surface area contributed by atoms with Gasteiger partial charge in [0.25, 0.3) is 5.91 Å². The summed E-state index contributed by atoms with van der Waals surface area (Å²) in [6.07, 6.45) is 2.91. The molecule has 1 aromatic carbocycles. The maximum atomic E-state index is 12.9. The van der Waals surface area contributed by atoms with E-state index in [-0.39, 0.29) is 11.8 Å². The van der Waals surface area contributed by atoms with Crippen molar-refractivity contribution < 1.29 is 9.59 Å². The molecule has 2 N–H and O–H groups in total. The summed E-state index contributed by atoms with van der Waals surface area (Å²) in [5, 5.41) is 5.86. The summed E-state index contributed by atoms with van der Waals surface area (Å²) in [4.78, 5) is 41.1. The molecule has 1 spiro atoms. The van der Waals surface area contributed by atoms with E-state index >= 15 is 0 Å². The number of imidazole rings is 1. The van der Waals surface area contributed by atoms with E-state index in [0.717, 1.165) is 11.3 Å². The van der Waals surface area contributed by atoms with Crippen molar-refractivity contribution >= 4 is 34.5 Å². The third kappa shape index (κ3) is 2.87. The largest absolute Gasteiger partial charge is 0.355 e. The molecule has 2 aromatic heterocycles. The second kappa shape index (κ2) is 7.33. The van der Waals surface area contributed by atoms with E-state index in [1.54, 1.807) is 0 Å². The first-order valence-corrected chi connectivity index (χ1v) is 10.7. The molecular formula is C22H25N7O2. The molecule has 1 fully saturated rings. The van der Waals surface area contributed by atoms with Crippen molar-refractivity contribution in [2.24, 2.45) is 0 Å². The summed E-state index contributed by atoms with van der Waals surface area (Å²) in [7, 11) is 0. The van der Waals surface area contributed by atoms with Gasteiger partial charge >= 0.3 is 0 Å². The first-order chi connectivity index (χ1) is 15.1. The molecule has 0 bridgehead atoms. The summed E-state index contributed by atoms with van der Waals surface area (Å²) >= 11 is 0. The lowest BCUT2D eigenvalue weighted by Crippen LogP contribution is -2.46. The summed E-state index contributed by atoms with van der Waals surface area (Å²) < 4.78 is 1.82. The van der Waals surface area contributed by atoms with Gasteiger partial charge in [0.15, 0.2) is 17.0 Å². The van der Waals surface area contributed by atoms with E-state index in [1.165, 1.54) is 6.33 Å². The normalized spacial score (nSPS) is 17.1. The predicted molar refractivity (Wildman–Crippen MR) is 117 cm³/mol. The Morgan fingerprint density at radius 3 is 2.71 bits per heavy atom. The van der Waals surface area contributed by atoms with Crippen LogP contribution in [-0.4, -0.2) is 51.0 Å². The highest BCUT2D eigenvalue weighted by atomic mass is 16.2. The molecular weight excluding hydrogens is 394 g/mol. The molecule has 0 radical (unpaired) electrons. The van der Waals surface area contributed by atoms with Gasteiger partial charge in [-0.1, -0.05) is 18.2 Å². The van der Waals surface area contributed by atoms with E-state index in [9.17, 15) is 9.59 Å². The number of piperidine rings is 1. The Morgan fingerprint density at radius 2 is 1.97 bits per heavy atom. The molecule has 0 saturated carbocycles. The zero-order valence-electron chi connectivity index (χ0n) is 17.7. The van der Waals surface area contributed by atoms with Crippen LogP contribution in [0.1, 0.15) is 42.9 Å². The number of aromatic nitrogens is 4. The van der Waals surface area contributed by atoms with Crippen molar-refractivity contribution in [2.75, 3.05) is 29.9 Å². The van der Waals surface area contributed by atoms with Crippen molar-refractivity contribution in [2.45, 2.75) is 38.6 Å². The number of nitrogens with one attached hydrogen (secondary N) is 2. The minimum atomic E-state index is -0.492. The Morgan fingerprint density at radius 1 is 1.19 bits per heavy atom. The first kappa shape index (κ1) is 19.5. The maximum Gasteiger partial charge on any atom is 0.287 e. The third-order valence-electron chi connectivity index (χ3n) is 6.41. The van der Waals surface area contributed by atoms with Crippen molar-refractivity contribution in [1.29, 1.82) is 0 Å². The van der Waals surface area contributed by atoms with Crippen LogP contribution in [0.3, 0.4) is 0 Å². The highest BCUT2D eigenvalue weighted by molar-refractivity contribution is 6.06. The number of carbonyl (C=O) groups excluding carboxylic acids is 2. The van der Waals surface area contributed by atoms with Crippen molar-refractivity contribution in [1.82, 2.24) is 24.8 Å². The van der Waals surface area contributed by atoms with Gasteiger partial charge in [-0.15, -0.1) is 0 Å². The van der Waals surface area contributed by atoms with E-state index in [0.29, 0.717) is 61.8 Å². The van der Waals surface area contributed by atoms with Crippen LogP contribution in [0.25, 0.3) is 11.2 Å². The molecule has 3 aromatic rings. The SMILES string of the molecule is CCNC(=O)c1nc2c(N3CCC4(CC3)C(=O)Nc3ccccc34)ncnc2n1CC. The topological polar surface area (TPSA) is 105 Å². The number of aryl methyl sites for hydroxylation is 1. The molecule has 160 valence electrons.